The first-order chi connectivity index (χ1) is 9.19. The Morgan fingerprint density at radius 2 is 2.05 bits per heavy atom. The van der Waals surface area contributed by atoms with Gasteiger partial charge in [-0.2, -0.15) is 5.26 Å². The van der Waals surface area contributed by atoms with E-state index in [1.54, 1.807) is 6.07 Å². The quantitative estimate of drug-likeness (QED) is 0.897. The highest BCUT2D eigenvalue weighted by atomic mass is 19.1. The number of nitriles is 1. The van der Waals surface area contributed by atoms with Gasteiger partial charge >= 0.3 is 0 Å². The van der Waals surface area contributed by atoms with Crippen molar-refractivity contribution < 1.29 is 4.39 Å². The third kappa shape index (κ3) is 4.04. The summed E-state index contributed by atoms with van der Waals surface area (Å²) in [7, 11) is 0. The standard InChI is InChI=1S/C16H21FN2/c1-12-2-4-13(5-3-12)10-19-11-15-8-14(9-18)6-7-16(15)17/h6-8,12-13,19H,2-5,10-11H2,1H3. The molecular formula is C16H21FN2. The molecule has 0 bridgehead atoms. The van der Waals surface area contributed by atoms with Gasteiger partial charge in [0.05, 0.1) is 11.6 Å². The Labute approximate surface area is 114 Å². The molecule has 1 aromatic carbocycles. The lowest BCUT2D eigenvalue weighted by Gasteiger charge is -2.26. The Hall–Kier alpha value is -1.40. The number of nitrogens with one attached hydrogen (secondary N) is 1. The Bertz CT molecular complexity index is 456. The third-order valence-corrected chi connectivity index (χ3v) is 4.06. The van der Waals surface area contributed by atoms with Crippen molar-refractivity contribution in [2.45, 2.75) is 39.2 Å². The molecule has 0 spiro atoms. The van der Waals surface area contributed by atoms with Crippen LogP contribution in [-0.4, -0.2) is 6.54 Å². The minimum absolute atomic E-state index is 0.233. The van der Waals surface area contributed by atoms with Crippen molar-refractivity contribution in [1.82, 2.24) is 5.32 Å². The Kier molecular flexibility index (Phi) is 4.93. The monoisotopic (exact) mass is 260 g/mol. The molecule has 1 aliphatic carbocycles. The number of halogens is 1. The number of rotatable bonds is 4. The Morgan fingerprint density at radius 1 is 1.32 bits per heavy atom. The van der Waals surface area contributed by atoms with Crippen molar-refractivity contribution in [3.63, 3.8) is 0 Å². The second-order valence-electron chi connectivity index (χ2n) is 5.67. The zero-order valence-electron chi connectivity index (χ0n) is 11.5. The second-order valence-corrected chi connectivity index (χ2v) is 5.67. The average Bonchev–Trinajstić information content (AvgIpc) is 2.43. The predicted octanol–water partition coefficient (Wildman–Crippen LogP) is 3.61. The van der Waals surface area contributed by atoms with Crippen LogP contribution < -0.4 is 5.32 Å². The summed E-state index contributed by atoms with van der Waals surface area (Å²) in [5.41, 5.74) is 1.10. The van der Waals surface area contributed by atoms with Gasteiger partial charge in [-0.25, -0.2) is 4.39 Å². The number of nitrogens with zero attached hydrogens (tertiary/aromatic N) is 1. The molecule has 1 saturated carbocycles. The van der Waals surface area contributed by atoms with E-state index >= 15 is 0 Å². The third-order valence-electron chi connectivity index (χ3n) is 4.06. The minimum Gasteiger partial charge on any atom is -0.312 e. The maximum atomic E-state index is 13.6. The SMILES string of the molecule is CC1CCC(CNCc2cc(C#N)ccc2F)CC1. The van der Waals surface area contributed by atoms with Crippen LogP contribution in [-0.2, 0) is 6.54 Å². The molecule has 0 saturated heterocycles. The molecule has 1 aromatic rings. The molecule has 0 aliphatic heterocycles. The molecule has 102 valence electrons. The van der Waals surface area contributed by atoms with Crippen molar-refractivity contribution in [3.05, 3.63) is 35.1 Å². The fraction of sp³-hybridized carbons (Fsp3) is 0.562. The highest BCUT2D eigenvalue weighted by Crippen LogP contribution is 2.27. The molecule has 1 aliphatic rings. The molecule has 0 amide bonds. The summed E-state index contributed by atoms with van der Waals surface area (Å²) in [6.45, 7) is 3.77. The van der Waals surface area contributed by atoms with E-state index in [-0.39, 0.29) is 5.82 Å². The summed E-state index contributed by atoms with van der Waals surface area (Å²) in [5.74, 6) is 1.35. The Balaban J connectivity index is 1.81. The van der Waals surface area contributed by atoms with Crippen molar-refractivity contribution in [1.29, 1.82) is 5.26 Å². The van der Waals surface area contributed by atoms with E-state index in [4.69, 9.17) is 5.26 Å². The smallest absolute Gasteiger partial charge is 0.127 e. The van der Waals surface area contributed by atoms with Gasteiger partial charge in [0.25, 0.3) is 0 Å². The summed E-state index contributed by atoms with van der Waals surface area (Å²) in [4.78, 5) is 0. The normalized spacial score (nSPS) is 23.0. The fourth-order valence-electron chi connectivity index (χ4n) is 2.72. The van der Waals surface area contributed by atoms with Crippen LogP contribution >= 0.6 is 0 Å². The maximum Gasteiger partial charge on any atom is 0.127 e. The summed E-state index contributed by atoms with van der Waals surface area (Å²) in [5, 5.41) is 12.1. The number of benzene rings is 1. The summed E-state index contributed by atoms with van der Waals surface area (Å²) in [6.07, 6.45) is 5.17. The van der Waals surface area contributed by atoms with Gasteiger partial charge in [0.15, 0.2) is 0 Å². The minimum atomic E-state index is -0.233. The van der Waals surface area contributed by atoms with E-state index in [0.29, 0.717) is 17.7 Å². The first kappa shape index (κ1) is 14.0. The molecule has 0 heterocycles. The lowest BCUT2D eigenvalue weighted by atomic mass is 9.83. The predicted molar refractivity (Wildman–Crippen MR) is 73.9 cm³/mol. The van der Waals surface area contributed by atoms with E-state index in [1.165, 1.54) is 37.8 Å². The molecule has 1 fully saturated rings. The molecule has 0 radical (unpaired) electrons. The number of hydrogen-bond donors (Lipinski definition) is 1. The van der Waals surface area contributed by atoms with Crippen molar-refractivity contribution in [2.24, 2.45) is 11.8 Å². The molecule has 0 aromatic heterocycles. The van der Waals surface area contributed by atoms with Crippen LogP contribution in [0.3, 0.4) is 0 Å². The van der Waals surface area contributed by atoms with Crippen molar-refractivity contribution >= 4 is 0 Å². The van der Waals surface area contributed by atoms with Crippen LogP contribution in [0, 0.1) is 29.0 Å². The summed E-state index contributed by atoms with van der Waals surface area (Å²) < 4.78 is 13.6. The lowest BCUT2D eigenvalue weighted by molar-refractivity contribution is 0.281. The Morgan fingerprint density at radius 3 is 2.74 bits per heavy atom. The van der Waals surface area contributed by atoms with E-state index in [1.807, 2.05) is 6.07 Å². The molecule has 0 unspecified atom stereocenters. The van der Waals surface area contributed by atoms with Crippen molar-refractivity contribution in [2.75, 3.05) is 6.54 Å². The van der Waals surface area contributed by atoms with E-state index < -0.39 is 0 Å². The number of hydrogen-bond acceptors (Lipinski definition) is 2. The van der Waals surface area contributed by atoms with E-state index in [2.05, 4.69) is 12.2 Å². The highest BCUT2D eigenvalue weighted by molar-refractivity contribution is 5.33. The highest BCUT2D eigenvalue weighted by Gasteiger charge is 2.17. The van der Waals surface area contributed by atoms with Crippen LogP contribution in [0.2, 0.25) is 0 Å². The molecular weight excluding hydrogens is 239 g/mol. The van der Waals surface area contributed by atoms with Crippen LogP contribution in [0.15, 0.2) is 18.2 Å². The van der Waals surface area contributed by atoms with Gasteiger partial charge < -0.3 is 5.32 Å². The summed E-state index contributed by atoms with van der Waals surface area (Å²) in [6, 6.07) is 6.56. The van der Waals surface area contributed by atoms with Gasteiger partial charge in [-0.3, -0.25) is 0 Å². The molecule has 19 heavy (non-hydrogen) atoms. The fourth-order valence-corrected chi connectivity index (χ4v) is 2.72. The van der Waals surface area contributed by atoms with Gasteiger partial charge in [-0.05, 0) is 49.4 Å². The van der Waals surface area contributed by atoms with Crippen LogP contribution in [0.1, 0.15) is 43.7 Å². The molecule has 0 atom stereocenters. The molecule has 2 nitrogen and oxygen atoms in total. The van der Waals surface area contributed by atoms with Gasteiger partial charge in [0.1, 0.15) is 5.82 Å². The maximum absolute atomic E-state index is 13.6. The topological polar surface area (TPSA) is 35.8 Å². The van der Waals surface area contributed by atoms with Gasteiger partial charge in [0, 0.05) is 12.1 Å². The van der Waals surface area contributed by atoms with Crippen LogP contribution in [0.25, 0.3) is 0 Å². The molecule has 1 N–H and O–H groups in total. The second kappa shape index (κ2) is 6.68. The zero-order valence-corrected chi connectivity index (χ0v) is 11.5. The lowest BCUT2D eigenvalue weighted by Crippen LogP contribution is -2.26. The molecule has 3 heteroatoms. The van der Waals surface area contributed by atoms with Crippen LogP contribution in [0.5, 0.6) is 0 Å². The van der Waals surface area contributed by atoms with Crippen LogP contribution in [0.4, 0.5) is 4.39 Å². The summed E-state index contributed by atoms with van der Waals surface area (Å²) >= 11 is 0. The van der Waals surface area contributed by atoms with Gasteiger partial charge in [0.2, 0.25) is 0 Å². The zero-order chi connectivity index (χ0) is 13.7. The van der Waals surface area contributed by atoms with E-state index in [0.717, 1.165) is 18.4 Å². The first-order valence-corrected chi connectivity index (χ1v) is 7.08. The average molecular weight is 260 g/mol. The van der Waals surface area contributed by atoms with E-state index in [9.17, 15) is 4.39 Å². The molecule has 2 rings (SSSR count). The van der Waals surface area contributed by atoms with Gasteiger partial charge in [-0.1, -0.05) is 19.8 Å². The van der Waals surface area contributed by atoms with Gasteiger partial charge in [-0.15, -0.1) is 0 Å². The largest absolute Gasteiger partial charge is 0.312 e. The first-order valence-electron chi connectivity index (χ1n) is 7.08. The van der Waals surface area contributed by atoms with Crippen molar-refractivity contribution in [3.8, 4) is 6.07 Å².